The molecular formula is C24H27ClN2O5. The molecule has 1 fully saturated rings. The third-order valence-corrected chi connectivity index (χ3v) is 5.56. The lowest BCUT2D eigenvalue weighted by Crippen LogP contribution is -2.35. The van der Waals surface area contributed by atoms with Gasteiger partial charge in [-0.2, -0.15) is 0 Å². The number of nitrogens with zero attached hydrogens (tertiary/aromatic N) is 2. The van der Waals surface area contributed by atoms with Crippen molar-refractivity contribution in [3.05, 3.63) is 64.2 Å². The smallest absolute Gasteiger partial charge is 0.295 e. The lowest BCUT2D eigenvalue weighted by atomic mass is 9.94. The number of aliphatic hydroxyl groups is 1. The summed E-state index contributed by atoms with van der Waals surface area (Å²) in [6.45, 7) is 3.14. The number of carbonyl (C=O) groups excluding carboxylic acids is 2. The van der Waals surface area contributed by atoms with Gasteiger partial charge in [0.15, 0.2) is 0 Å². The van der Waals surface area contributed by atoms with Crippen LogP contribution in [0.1, 0.15) is 24.1 Å². The van der Waals surface area contributed by atoms with Crippen LogP contribution in [0.15, 0.2) is 48.0 Å². The van der Waals surface area contributed by atoms with Gasteiger partial charge >= 0.3 is 0 Å². The second kappa shape index (κ2) is 10.1. The summed E-state index contributed by atoms with van der Waals surface area (Å²) in [7, 11) is 5.30. The molecule has 1 amide bonds. The van der Waals surface area contributed by atoms with E-state index in [1.807, 2.05) is 25.9 Å². The summed E-state index contributed by atoms with van der Waals surface area (Å²) in [5, 5.41) is 11.5. The number of likely N-dealkylation sites (tertiary alicyclic amines) is 1. The van der Waals surface area contributed by atoms with Crippen LogP contribution in [0.2, 0.25) is 5.02 Å². The normalized spacial score (nSPS) is 17.8. The number of likely N-dealkylation sites (N-methyl/N-ethyl adjacent to an activating group) is 1. The van der Waals surface area contributed by atoms with Crippen LogP contribution in [0.4, 0.5) is 0 Å². The minimum atomic E-state index is -0.795. The number of rotatable bonds is 8. The Balaban J connectivity index is 2.17. The summed E-state index contributed by atoms with van der Waals surface area (Å²) >= 11 is 6.29. The maximum Gasteiger partial charge on any atom is 0.295 e. The fraction of sp³-hybridized carbons (Fsp3) is 0.333. The highest BCUT2D eigenvalue weighted by molar-refractivity contribution is 6.46. The minimum absolute atomic E-state index is 0.00140. The molecule has 2 aromatic carbocycles. The Morgan fingerprint density at radius 2 is 1.88 bits per heavy atom. The molecule has 2 aromatic rings. The molecule has 1 aliphatic rings. The molecule has 8 heteroatoms. The van der Waals surface area contributed by atoms with Crippen molar-refractivity contribution in [2.45, 2.75) is 13.0 Å². The van der Waals surface area contributed by atoms with Crippen LogP contribution in [0.25, 0.3) is 5.76 Å². The highest BCUT2D eigenvalue weighted by Gasteiger charge is 2.46. The van der Waals surface area contributed by atoms with Crippen LogP contribution in [0.3, 0.4) is 0 Å². The monoisotopic (exact) mass is 458 g/mol. The molecular weight excluding hydrogens is 432 g/mol. The molecule has 170 valence electrons. The molecule has 1 N–H and O–H groups in total. The highest BCUT2D eigenvalue weighted by atomic mass is 35.5. The average Bonchev–Trinajstić information content (AvgIpc) is 3.03. The fourth-order valence-electron chi connectivity index (χ4n) is 3.71. The standard InChI is InChI=1S/C24H27ClN2O5/c1-5-32-19-11-10-15(14-17(19)25)22(28)20-21(16-8-6-7-9-18(16)31-4)27(13-12-26(2)3)24(30)23(20)29/h6-11,14,21,28H,5,12-13H2,1-4H3/b22-20+/t21-/m1/s1. The lowest BCUT2D eigenvalue weighted by Gasteiger charge is -2.27. The van der Waals surface area contributed by atoms with Crippen LogP contribution < -0.4 is 9.47 Å². The Morgan fingerprint density at radius 1 is 1.16 bits per heavy atom. The summed E-state index contributed by atoms with van der Waals surface area (Å²) in [6.07, 6.45) is 0. The van der Waals surface area contributed by atoms with Gasteiger partial charge in [0.25, 0.3) is 11.7 Å². The number of hydrogen-bond acceptors (Lipinski definition) is 6. The van der Waals surface area contributed by atoms with E-state index in [-0.39, 0.29) is 11.3 Å². The number of ether oxygens (including phenoxy) is 2. The Kier molecular flexibility index (Phi) is 7.43. The first-order valence-corrected chi connectivity index (χ1v) is 10.7. The summed E-state index contributed by atoms with van der Waals surface area (Å²) in [5.74, 6) is -0.719. The van der Waals surface area contributed by atoms with Crippen molar-refractivity contribution in [3.8, 4) is 11.5 Å². The first kappa shape index (κ1) is 23.6. The van der Waals surface area contributed by atoms with Crippen LogP contribution in [-0.2, 0) is 9.59 Å². The van der Waals surface area contributed by atoms with E-state index in [0.29, 0.717) is 47.3 Å². The number of ketones is 1. The molecule has 7 nitrogen and oxygen atoms in total. The van der Waals surface area contributed by atoms with E-state index in [4.69, 9.17) is 21.1 Å². The number of para-hydroxylation sites is 1. The SMILES string of the molecule is CCOc1ccc(/C(O)=C2\C(=O)C(=O)N(CCN(C)C)[C@@H]2c2ccccc2OC)cc1Cl. The number of halogens is 1. The molecule has 0 unspecified atom stereocenters. The Morgan fingerprint density at radius 3 is 2.50 bits per heavy atom. The molecule has 1 saturated heterocycles. The maximum absolute atomic E-state index is 13.1. The van der Waals surface area contributed by atoms with E-state index in [1.165, 1.54) is 18.1 Å². The zero-order chi connectivity index (χ0) is 23.4. The first-order chi connectivity index (χ1) is 15.3. The van der Waals surface area contributed by atoms with E-state index in [2.05, 4.69) is 0 Å². The Labute approximate surface area is 192 Å². The van der Waals surface area contributed by atoms with Crippen molar-refractivity contribution < 1.29 is 24.2 Å². The van der Waals surface area contributed by atoms with Crippen LogP contribution in [0, 0.1) is 0 Å². The summed E-state index contributed by atoms with van der Waals surface area (Å²) in [5.41, 5.74) is 0.939. The van der Waals surface area contributed by atoms with Crippen molar-refractivity contribution in [2.24, 2.45) is 0 Å². The number of amides is 1. The van der Waals surface area contributed by atoms with Crippen LogP contribution >= 0.6 is 11.6 Å². The van der Waals surface area contributed by atoms with Gasteiger partial charge in [0.1, 0.15) is 17.3 Å². The molecule has 1 aliphatic heterocycles. The molecule has 0 bridgehead atoms. The van der Waals surface area contributed by atoms with Gasteiger partial charge in [-0.15, -0.1) is 0 Å². The van der Waals surface area contributed by atoms with Crippen molar-refractivity contribution in [2.75, 3.05) is 40.9 Å². The van der Waals surface area contributed by atoms with Gasteiger partial charge in [-0.05, 0) is 45.3 Å². The van der Waals surface area contributed by atoms with Gasteiger partial charge in [0.2, 0.25) is 0 Å². The minimum Gasteiger partial charge on any atom is -0.507 e. The Hall–Kier alpha value is -3.03. The van der Waals surface area contributed by atoms with E-state index in [1.54, 1.807) is 36.4 Å². The van der Waals surface area contributed by atoms with Gasteiger partial charge in [0, 0.05) is 24.2 Å². The lowest BCUT2D eigenvalue weighted by molar-refractivity contribution is -0.140. The van der Waals surface area contributed by atoms with Gasteiger partial charge in [-0.25, -0.2) is 0 Å². The molecule has 0 aliphatic carbocycles. The number of Topliss-reactive ketones (excluding diaryl/α,β-unsaturated/α-hetero) is 1. The van der Waals surface area contributed by atoms with Crippen molar-refractivity contribution in [1.82, 2.24) is 9.80 Å². The quantitative estimate of drug-likeness (QED) is 0.369. The number of aliphatic hydroxyl groups excluding tert-OH is 1. The molecule has 32 heavy (non-hydrogen) atoms. The van der Waals surface area contributed by atoms with E-state index in [9.17, 15) is 14.7 Å². The van der Waals surface area contributed by atoms with E-state index < -0.39 is 17.7 Å². The predicted octanol–water partition coefficient (Wildman–Crippen LogP) is 3.73. The summed E-state index contributed by atoms with van der Waals surface area (Å²) in [6, 6.07) is 11.1. The second-order valence-corrected chi connectivity index (χ2v) is 8.02. The molecule has 3 rings (SSSR count). The van der Waals surface area contributed by atoms with E-state index in [0.717, 1.165) is 0 Å². The van der Waals surface area contributed by atoms with Crippen LogP contribution in [-0.4, -0.2) is 67.5 Å². The molecule has 0 aromatic heterocycles. The average molecular weight is 459 g/mol. The number of hydrogen-bond donors (Lipinski definition) is 1. The van der Waals surface area contributed by atoms with Gasteiger partial charge in [0.05, 0.1) is 30.4 Å². The molecule has 1 heterocycles. The number of carbonyl (C=O) groups is 2. The molecule has 0 radical (unpaired) electrons. The summed E-state index contributed by atoms with van der Waals surface area (Å²) < 4.78 is 10.9. The van der Waals surface area contributed by atoms with Crippen molar-refractivity contribution >= 4 is 29.1 Å². The third kappa shape index (κ3) is 4.59. The first-order valence-electron chi connectivity index (χ1n) is 10.3. The highest BCUT2D eigenvalue weighted by Crippen LogP contribution is 2.43. The zero-order valence-corrected chi connectivity index (χ0v) is 19.3. The Bertz CT molecular complexity index is 1050. The maximum atomic E-state index is 13.1. The zero-order valence-electron chi connectivity index (χ0n) is 18.6. The topological polar surface area (TPSA) is 79.3 Å². The van der Waals surface area contributed by atoms with E-state index >= 15 is 0 Å². The van der Waals surface area contributed by atoms with Gasteiger partial charge in [-0.1, -0.05) is 29.8 Å². The molecule has 0 spiro atoms. The molecule has 1 atom stereocenters. The second-order valence-electron chi connectivity index (χ2n) is 7.62. The largest absolute Gasteiger partial charge is 0.507 e. The third-order valence-electron chi connectivity index (χ3n) is 5.27. The molecule has 0 saturated carbocycles. The van der Waals surface area contributed by atoms with Crippen molar-refractivity contribution in [3.63, 3.8) is 0 Å². The number of benzene rings is 2. The summed E-state index contributed by atoms with van der Waals surface area (Å²) in [4.78, 5) is 29.5. The number of methoxy groups -OCH3 is 1. The van der Waals surface area contributed by atoms with Crippen molar-refractivity contribution in [1.29, 1.82) is 0 Å². The van der Waals surface area contributed by atoms with Gasteiger partial charge in [-0.3, -0.25) is 9.59 Å². The fourth-order valence-corrected chi connectivity index (χ4v) is 3.95. The van der Waals surface area contributed by atoms with Gasteiger partial charge < -0.3 is 24.4 Å². The van der Waals surface area contributed by atoms with Crippen LogP contribution in [0.5, 0.6) is 11.5 Å². The predicted molar refractivity (Wildman–Crippen MR) is 123 cm³/mol.